The Balaban J connectivity index is 0.000000150. The molecule has 0 bridgehead atoms. The molecule has 0 aliphatic heterocycles. The number of aromatic amines is 3. The van der Waals surface area contributed by atoms with Gasteiger partial charge in [-0.1, -0.05) is 23.2 Å². The summed E-state index contributed by atoms with van der Waals surface area (Å²) in [6, 6.07) is 9.93. The number of H-pyrrole nitrogens is 3. The summed E-state index contributed by atoms with van der Waals surface area (Å²) >= 11 is 11.4. The molecule has 0 unspecified atom stereocenters. The van der Waals surface area contributed by atoms with Crippen LogP contribution in [0, 0.1) is 0 Å². The van der Waals surface area contributed by atoms with Gasteiger partial charge >= 0.3 is 0 Å². The second-order valence-electron chi connectivity index (χ2n) is 5.23. The first-order valence-corrected chi connectivity index (χ1v) is 7.89. The molecule has 4 rings (SSSR count). The predicted molar refractivity (Wildman–Crippen MR) is 97.8 cm³/mol. The molecule has 0 amide bonds. The van der Waals surface area contributed by atoms with Gasteiger partial charge in [-0.3, -0.25) is 29.7 Å². The van der Waals surface area contributed by atoms with E-state index >= 15 is 0 Å². The van der Waals surface area contributed by atoms with Gasteiger partial charge in [-0.25, -0.2) is 4.68 Å². The van der Waals surface area contributed by atoms with Gasteiger partial charge in [-0.05, 0) is 36.4 Å². The zero-order valence-corrected chi connectivity index (χ0v) is 14.4. The Morgan fingerprint density at radius 2 is 1.56 bits per heavy atom. The van der Waals surface area contributed by atoms with Crippen molar-refractivity contribution >= 4 is 50.9 Å². The average molecular weight is 379 g/mol. The van der Waals surface area contributed by atoms with E-state index in [0.717, 1.165) is 5.52 Å². The Labute approximate surface area is 150 Å². The first-order chi connectivity index (χ1) is 11.9. The molecule has 128 valence electrons. The standard InChI is InChI=1S/C9H7ClN2O2.C7H5ClN2O/c1-5(13)12-8-3-2-6(10)4-7(8)9(14)11-12;8-4-1-2-6-5(3-4)7(11)10-9-6/h2-4H,1H3,(H,11,14);1-3H,(H2,9,10,11). The molecule has 3 N–H and O–H groups in total. The maximum absolute atomic E-state index is 11.4. The summed E-state index contributed by atoms with van der Waals surface area (Å²) in [6.07, 6.45) is 0. The van der Waals surface area contributed by atoms with Gasteiger partial charge < -0.3 is 0 Å². The SMILES string of the molecule is CC(=O)n1[nH]c(=O)c2cc(Cl)ccc21.O=c1[nH][nH]c2ccc(Cl)cc12. The van der Waals surface area contributed by atoms with Gasteiger partial charge in [0.25, 0.3) is 11.1 Å². The molecule has 9 heteroatoms. The number of fused-ring (bicyclic) bond motifs is 2. The van der Waals surface area contributed by atoms with E-state index in [2.05, 4.69) is 15.3 Å². The summed E-state index contributed by atoms with van der Waals surface area (Å²) in [5, 5.41) is 9.68. The second kappa shape index (κ2) is 6.62. The second-order valence-corrected chi connectivity index (χ2v) is 6.10. The Bertz CT molecular complexity index is 1200. The normalized spacial score (nSPS) is 10.7. The molecule has 0 fully saturated rings. The summed E-state index contributed by atoms with van der Waals surface area (Å²) in [5.41, 5.74) is 0.881. The van der Waals surface area contributed by atoms with Crippen LogP contribution < -0.4 is 11.1 Å². The smallest absolute Gasteiger partial charge is 0.272 e. The predicted octanol–water partition coefficient (Wildman–Crippen LogP) is 3.15. The molecule has 2 aromatic heterocycles. The van der Waals surface area contributed by atoms with Crippen LogP contribution in [0.5, 0.6) is 0 Å². The molecule has 0 saturated carbocycles. The first-order valence-electron chi connectivity index (χ1n) is 7.14. The molecule has 2 heterocycles. The third-order valence-electron chi connectivity index (χ3n) is 3.51. The number of aromatic nitrogens is 4. The molecule has 2 aromatic carbocycles. The van der Waals surface area contributed by atoms with Gasteiger partial charge in [0.1, 0.15) is 0 Å². The Morgan fingerprint density at radius 3 is 2.24 bits per heavy atom. The third kappa shape index (κ3) is 3.38. The quantitative estimate of drug-likeness (QED) is 0.437. The van der Waals surface area contributed by atoms with Crippen LogP contribution in [0.1, 0.15) is 11.7 Å². The zero-order chi connectivity index (χ0) is 18.1. The number of nitrogens with zero attached hydrogens (tertiary/aromatic N) is 1. The molecule has 0 radical (unpaired) electrons. The van der Waals surface area contributed by atoms with Crippen molar-refractivity contribution in [2.45, 2.75) is 6.92 Å². The molecule has 7 nitrogen and oxygen atoms in total. The number of carbonyl (C=O) groups excluding carboxylic acids is 1. The highest BCUT2D eigenvalue weighted by atomic mass is 35.5. The molecule has 0 aliphatic carbocycles. The molecule has 4 aromatic rings. The van der Waals surface area contributed by atoms with Crippen LogP contribution in [0.15, 0.2) is 46.0 Å². The van der Waals surface area contributed by atoms with Crippen molar-refractivity contribution in [2.24, 2.45) is 0 Å². The van der Waals surface area contributed by atoms with E-state index < -0.39 is 0 Å². The number of rotatable bonds is 0. The fourth-order valence-corrected chi connectivity index (χ4v) is 2.70. The van der Waals surface area contributed by atoms with Gasteiger partial charge in [-0.2, -0.15) is 0 Å². The molecule has 0 saturated heterocycles. The highest BCUT2D eigenvalue weighted by Gasteiger charge is 2.08. The molecule has 0 atom stereocenters. The van der Waals surface area contributed by atoms with E-state index in [0.29, 0.717) is 26.3 Å². The van der Waals surface area contributed by atoms with E-state index in [1.54, 1.807) is 30.3 Å². The summed E-state index contributed by atoms with van der Waals surface area (Å²) in [6.45, 7) is 1.38. The fraction of sp³-hybridized carbons (Fsp3) is 0.0625. The minimum Gasteiger partial charge on any atom is -0.298 e. The van der Waals surface area contributed by atoms with E-state index in [4.69, 9.17) is 23.2 Å². The highest BCUT2D eigenvalue weighted by molar-refractivity contribution is 6.31. The van der Waals surface area contributed by atoms with Crippen LogP contribution >= 0.6 is 23.2 Å². The summed E-state index contributed by atoms with van der Waals surface area (Å²) < 4.78 is 1.20. The van der Waals surface area contributed by atoms with E-state index in [-0.39, 0.29) is 17.0 Å². The molecular weight excluding hydrogens is 367 g/mol. The van der Waals surface area contributed by atoms with Crippen molar-refractivity contribution in [3.8, 4) is 0 Å². The summed E-state index contributed by atoms with van der Waals surface area (Å²) in [7, 11) is 0. The van der Waals surface area contributed by atoms with Crippen LogP contribution in [-0.2, 0) is 0 Å². The number of nitrogens with one attached hydrogen (secondary N) is 3. The van der Waals surface area contributed by atoms with Crippen LogP contribution in [-0.4, -0.2) is 25.9 Å². The van der Waals surface area contributed by atoms with Crippen molar-refractivity contribution < 1.29 is 4.79 Å². The lowest BCUT2D eigenvalue weighted by Crippen LogP contribution is -2.10. The summed E-state index contributed by atoms with van der Waals surface area (Å²) in [4.78, 5) is 33.5. The summed E-state index contributed by atoms with van der Waals surface area (Å²) in [5.74, 6) is -0.237. The molecular formula is C16H12Cl2N4O3. The van der Waals surface area contributed by atoms with Gasteiger partial charge in [-0.15, -0.1) is 0 Å². The largest absolute Gasteiger partial charge is 0.298 e. The Morgan fingerprint density at radius 1 is 0.920 bits per heavy atom. The van der Waals surface area contributed by atoms with Gasteiger partial charge in [0.15, 0.2) is 0 Å². The lowest BCUT2D eigenvalue weighted by molar-refractivity contribution is 0.0926. The van der Waals surface area contributed by atoms with Crippen molar-refractivity contribution in [3.63, 3.8) is 0 Å². The maximum atomic E-state index is 11.4. The highest BCUT2D eigenvalue weighted by Crippen LogP contribution is 2.16. The zero-order valence-electron chi connectivity index (χ0n) is 12.9. The van der Waals surface area contributed by atoms with Crippen molar-refractivity contribution in [3.05, 3.63) is 67.2 Å². The number of hydrogen-bond donors (Lipinski definition) is 3. The number of halogens is 2. The minimum atomic E-state index is -0.308. The van der Waals surface area contributed by atoms with E-state index in [1.807, 2.05) is 0 Å². The van der Waals surface area contributed by atoms with E-state index in [9.17, 15) is 14.4 Å². The fourth-order valence-electron chi connectivity index (χ4n) is 2.36. The minimum absolute atomic E-state index is 0.137. The van der Waals surface area contributed by atoms with Crippen LogP contribution in [0.25, 0.3) is 21.8 Å². The average Bonchev–Trinajstić information content (AvgIpc) is 3.09. The monoisotopic (exact) mass is 378 g/mol. The third-order valence-corrected chi connectivity index (χ3v) is 3.98. The van der Waals surface area contributed by atoms with Gasteiger partial charge in [0.2, 0.25) is 5.91 Å². The molecule has 0 spiro atoms. The number of hydrogen-bond acceptors (Lipinski definition) is 3. The van der Waals surface area contributed by atoms with Crippen molar-refractivity contribution in [1.82, 2.24) is 20.0 Å². The lowest BCUT2D eigenvalue weighted by Gasteiger charge is -1.96. The number of benzene rings is 2. The van der Waals surface area contributed by atoms with Crippen LogP contribution in [0.4, 0.5) is 0 Å². The van der Waals surface area contributed by atoms with Gasteiger partial charge in [0.05, 0.1) is 21.8 Å². The van der Waals surface area contributed by atoms with Crippen LogP contribution in [0.2, 0.25) is 10.0 Å². The molecule has 0 aliphatic rings. The van der Waals surface area contributed by atoms with Crippen molar-refractivity contribution in [1.29, 1.82) is 0 Å². The molecule has 25 heavy (non-hydrogen) atoms. The van der Waals surface area contributed by atoms with E-state index in [1.165, 1.54) is 17.7 Å². The Hall–Kier alpha value is -2.77. The Kier molecular flexibility index (Phi) is 4.52. The topological polar surface area (TPSA) is 104 Å². The van der Waals surface area contributed by atoms with Crippen molar-refractivity contribution in [2.75, 3.05) is 0 Å². The maximum Gasteiger partial charge on any atom is 0.272 e. The first kappa shape index (κ1) is 17.1. The number of carbonyl (C=O) groups is 1. The van der Waals surface area contributed by atoms with Crippen LogP contribution in [0.3, 0.4) is 0 Å². The lowest BCUT2D eigenvalue weighted by atomic mass is 10.2. The van der Waals surface area contributed by atoms with Gasteiger partial charge in [0, 0.05) is 17.0 Å².